The van der Waals surface area contributed by atoms with Crippen LogP contribution in [0, 0.1) is 5.92 Å². The Balaban J connectivity index is 4.72. The van der Waals surface area contributed by atoms with Crippen LogP contribution in [0.25, 0.3) is 0 Å². The molecule has 0 amide bonds. The van der Waals surface area contributed by atoms with Gasteiger partial charge in [0, 0.05) is 6.08 Å². The van der Waals surface area contributed by atoms with Crippen LogP contribution in [-0.2, 0) is 14.3 Å². The van der Waals surface area contributed by atoms with Gasteiger partial charge in [0.15, 0.2) is 0 Å². The monoisotopic (exact) mass is 300 g/mol. The summed E-state index contributed by atoms with van der Waals surface area (Å²) in [5.41, 5.74) is -0.672. The van der Waals surface area contributed by atoms with E-state index in [0.717, 1.165) is 18.9 Å². The number of aliphatic hydroxyl groups is 1. The van der Waals surface area contributed by atoms with Crippen molar-refractivity contribution in [2.75, 3.05) is 6.61 Å². The Morgan fingerprint density at radius 1 is 1.29 bits per heavy atom. The second-order valence-electron chi connectivity index (χ2n) is 5.80. The van der Waals surface area contributed by atoms with Crippen molar-refractivity contribution in [1.82, 2.24) is 0 Å². The maximum absolute atomic E-state index is 11.1. The summed E-state index contributed by atoms with van der Waals surface area (Å²) < 4.78 is 11.1. The molecule has 4 nitrogen and oxygen atoms in total. The fourth-order valence-electron chi connectivity index (χ4n) is 2.52. The van der Waals surface area contributed by atoms with Crippen LogP contribution in [0.5, 0.6) is 0 Å². The van der Waals surface area contributed by atoms with Crippen LogP contribution in [0.2, 0.25) is 0 Å². The van der Waals surface area contributed by atoms with Crippen LogP contribution >= 0.6 is 0 Å². The largest absolute Gasteiger partial charge is 0.460 e. The molecule has 3 atom stereocenters. The van der Waals surface area contributed by atoms with Gasteiger partial charge in [0.05, 0.1) is 11.7 Å². The summed E-state index contributed by atoms with van der Waals surface area (Å²) in [6, 6.07) is 0. The van der Waals surface area contributed by atoms with Gasteiger partial charge in [0.25, 0.3) is 0 Å². The normalized spacial score (nSPS) is 16.1. The average molecular weight is 300 g/mol. The zero-order valence-electron chi connectivity index (χ0n) is 14.2. The van der Waals surface area contributed by atoms with Crippen molar-refractivity contribution >= 4 is 5.97 Å². The average Bonchev–Trinajstić information content (AvgIpc) is 2.49. The first-order valence-corrected chi connectivity index (χ1v) is 8.00. The van der Waals surface area contributed by atoms with Crippen molar-refractivity contribution in [2.24, 2.45) is 5.92 Å². The lowest BCUT2D eigenvalue weighted by molar-refractivity contribution is -0.178. The maximum atomic E-state index is 11.1. The zero-order chi connectivity index (χ0) is 16.5. The molecule has 0 radical (unpaired) electrons. The second-order valence-corrected chi connectivity index (χ2v) is 5.80. The third-order valence-corrected chi connectivity index (χ3v) is 4.22. The van der Waals surface area contributed by atoms with E-state index in [1.807, 2.05) is 20.8 Å². The highest BCUT2D eigenvalue weighted by Crippen LogP contribution is 2.29. The van der Waals surface area contributed by atoms with Crippen LogP contribution < -0.4 is 0 Å². The molecule has 0 saturated carbocycles. The maximum Gasteiger partial charge on any atom is 0.330 e. The molecular weight excluding hydrogens is 268 g/mol. The van der Waals surface area contributed by atoms with Crippen molar-refractivity contribution in [1.29, 1.82) is 0 Å². The zero-order valence-corrected chi connectivity index (χ0v) is 14.2. The van der Waals surface area contributed by atoms with E-state index in [2.05, 4.69) is 20.4 Å². The molecule has 124 valence electrons. The molecule has 21 heavy (non-hydrogen) atoms. The van der Waals surface area contributed by atoms with E-state index < -0.39 is 17.7 Å². The van der Waals surface area contributed by atoms with Crippen LogP contribution in [0.3, 0.4) is 0 Å². The number of esters is 1. The quantitative estimate of drug-likeness (QED) is 0.469. The fraction of sp³-hybridized carbons (Fsp3) is 0.824. The third-order valence-electron chi connectivity index (χ3n) is 4.22. The van der Waals surface area contributed by atoms with Gasteiger partial charge in [0.1, 0.15) is 12.7 Å². The van der Waals surface area contributed by atoms with Crippen LogP contribution in [0.4, 0.5) is 0 Å². The van der Waals surface area contributed by atoms with Gasteiger partial charge in [-0.05, 0) is 32.1 Å². The molecule has 0 fully saturated rings. The van der Waals surface area contributed by atoms with E-state index in [1.54, 1.807) is 0 Å². The lowest BCUT2D eigenvalue weighted by Crippen LogP contribution is -2.48. The highest BCUT2D eigenvalue weighted by atomic mass is 16.6. The molecule has 0 aliphatic carbocycles. The van der Waals surface area contributed by atoms with Gasteiger partial charge < -0.3 is 14.6 Å². The summed E-state index contributed by atoms with van der Waals surface area (Å²) in [4.78, 5) is 11.1. The summed E-state index contributed by atoms with van der Waals surface area (Å²) in [6.07, 6.45) is 3.72. The van der Waals surface area contributed by atoms with Crippen molar-refractivity contribution in [2.45, 2.75) is 78.1 Å². The number of ether oxygens (including phenoxy) is 2. The Bertz CT molecular complexity index is 310. The minimum atomic E-state index is -0.837. The van der Waals surface area contributed by atoms with E-state index in [-0.39, 0.29) is 12.7 Å². The van der Waals surface area contributed by atoms with E-state index >= 15 is 0 Å². The Morgan fingerprint density at radius 2 is 1.86 bits per heavy atom. The van der Waals surface area contributed by atoms with E-state index in [9.17, 15) is 9.90 Å². The lowest BCUT2D eigenvalue weighted by atomic mass is 9.89. The summed E-state index contributed by atoms with van der Waals surface area (Å²) >= 11 is 0. The molecule has 0 aromatic carbocycles. The predicted molar refractivity (Wildman–Crippen MR) is 85.1 cm³/mol. The molecule has 4 heteroatoms. The molecule has 3 unspecified atom stereocenters. The molecule has 0 rings (SSSR count). The standard InChI is InChI=1S/C17H32O4/c1-7-13(5)11-14(6)21-17(9-3,10-4)15(18)12-20-16(19)8-2/h8,13-15,18H,2,7,9-12H2,1,3-6H3. The fourth-order valence-corrected chi connectivity index (χ4v) is 2.52. The molecule has 0 aromatic heterocycles. The van der Waals surface area contributed by atoms with Gasteiger partial charge in [-0.2, -0.15) is 0 Å². The minimum absolute atomic E-state index is 0.0598. The molecule has 0 spiro atoms. The van der Waals surface area contributed by atoms with Crippen molar-refractivity contribution in [3.8, 4) is 0 Å². The van der Waals surface area contributed by atoms with Gasteiger partial charge in [0.2, 0.25) is 0 Å². The molecule has 0 aliphatic rings. The molecule has 1 N–H and O–H groups in total. The minimum Gasteiger partial charge on any atom is -0.460 e. The van der Waals surface area contributed by atoms with Gasteiger partial charge >= 0.3 is 5.97 Å². The molecule has 0 aliphatic heterocycles. The van der Waals surface area contributed by atoms with Gasteiger partial charge in [-0.3, -0.25) is 0 Å². The Hall–Kier alpha value is -0.870. The number of hydrogen-bond acceptors (Lipinski definition) is 4. The first-order chi connectivity index (χ1) is 9.84. The molecular formula is C17H32O4. The number of carbonyl (C=O) groups excluding carboxylic acids is 1. The van der Waals surface area contributed by atoms with E-state index in [4.69, 9.17) is 9.47 Å². The van der Waals surface area contributed by atoms with Crippen LogP contribution in [0.15, 0.2) is 12.7 Å². The van der Waals surface area contributed by atoms with Crippen LogP contribution in [-0.4, -0.2) is 35.5 Å². The second kappa shape index (κ2) is 9.96. The van der Waals surface area contributed by atoms with Gasteiger partial charge in [-0.1, -0.05) is 40.7 Å². The van der Waals surface area contributed by atoms with Gasteiger partial charge in [-0.25, -0.2) is 4.79 Å². The lowest BCUT2D eigenvalue weighted by Gasteiger charge is -2.39. The molecule has 0 heterocycles. The Morgan fingerprint density at radius 3 is 2.29 bits per heavy atom. The van der Waals surface area contributed by atoms with E-state index in [1.165, 1.54) is 0 Å². The number of hydrogen-bond donors (Lipinski definition) is 1. The van der Waals surface area contributed by atoms with Crippen molar-refractivity contribution in [3.05, 3.63) is 12.7 Å². The predicted octanol–water partition coefficient (Wildman–Crippen LogP) is 3.48. The highest BCUT2D eigenvalue weighted by molar-refractivity contribution is 5.81. The molecule has 0 saturated heterocycles. The van der Waals surface area contributed by atoms with Crippen molar-refractivity contribution in [3.63, 3.8) is 0 Å². The number of aliphatic hydroxyl groups excluding tert-OH is 1. The first kappa shape index (κ1) is 20.1. The number of rotatable bonds is 11. The topological polar surface area (TPSA) is 55.8 Å². The summed E-state index contributed by atoms with van der Waals surface area (Å²) in [6.45, 7) is 13.6. The summed E-state index contributed by atoms with van der Waals surface area (Å²) in [7, 11) is 0. The smallest absolute Gasteiger partial charge is 0.330 e. The van der Waals surface area contributed by atoms with Crippen molar-refractivity contribution < 1.29 is 19.4 Å². The Labute approximate surface area is 129 Å². The van der Waals surface area contributed by atoms with Crippen LogP contribution in [0.1, 0.15) is 60.3 Å². The Kier molecular flexibility index (Phi) is 9.54. The van der Waals surface area contributed by atoms with Gasteiger partial charge in [-0.15, -0.1) is 0 Å². The first-order valence-electron chi connectivity index (χ1n) is 8.00. The summed E-state index contributed by atoms with van der Waals surface area (Å²) in [5.74, 6) is 0.0601. The molecule has 0 aromatic rings. The number of carbonyl (C=O) groups is 1. The third kappa shape index (κ3) is 6.62. The highest BCUT2D eigenvalue weighted by Gasteiger charge is 2.38. The SMILES string of the molecule is C=CC(=O)OCC(O)C(CC)(CC)OC(C)CC(C)CC. The summed E-state index contributed by atoms with van der Waals surface area (Å²) in [5, 5.41) is 10.4. The van der Waals surface area contributed by atoms with E-state index in [0.29, 0.717) is 18.8 Å². The molecule has 0 bridgehead atoms.